The highest BCUT2D eigenvalue weighted by molar-refractivity contribution is 5.76. The minimum Gasteiger partial charge on any atom is -0.370 e. The minimum absolute atomic E-state index is 0.108. The van der Waals surface area contributed by atoms with E-state index in [1.165, 1.54) is 18.3 Å². The second-order valence-electron chi connectivity index (χ2n) is 5.86. The van der Waals surface area contributed by atoms with Crippen molar-refractivity contribution in [2.24, 2.45) is 0 Å². The average molecular weight is 370 g/mol. The van der Waals surface area contributed by atoms with Crippen molar-refractivity contribution in [1.29, 1.82) is 0 Å². The summed E-state index contributed by atoms with van der Waals surface area (Å²) in [5.74, 6) is 0.975. The van der Waals surface area contributed by atoms with Crippen molar-refractivity contribution in [3.63, 3.8) is 0 Å². The maximum atomic E-state index is 13.7. The molecule has 3 heterocycles. The van der Waals surface area contributed by atoms with Crippen LogP contribution in [0.15, 0.2) is 47.1 Å². The van der Waals surface area contributed by atoms with E-state index < -0.39 is 5.82 Å². The summed E-state index contributed by atoms with van der Waals surface area (Å²) < 4.78 is 18.8. The molecule has 2 aromatic heterocycles. The van der Waals surface area contributed by atoms with Crippen molar-refractivity contribution in [2.45, 2.75) is 19.4 Å². The lowest BCUT2D eigenvalue weighted by Gasteiger charge is -2.04. The van der Waals surface area contributed by atoms with E-state index in [1.807, 2.05) is 12.1 Å². The number of nitrogens with zero attached hydrogens (tertiary/aromatic N) is 2. The number of halogens is 1. The van der Waals surface area contributed by atoms with Gasteiger partial charge < -0.3 is 19.5 Å². The zero-order chi connectivity index (χ0) is 18.6. The summed E-state index contributed by atoms with van der Waals surface area (Å²) in [4.78, 5) is 26.1. The Bertz CT molecular complexity index is 976. The smallest absolute Gasteiger partial charge is 0.220 e. The highest BCUT2D eigenvalue weighted by Crippen LogP contribution is 2.31. The Labute approximate surface area is 153 Å². The lowest BCUT2D eigenvalue weighted by atomic mass is 10.1. The van der Waals surface area contributed by atoms with E-state index >= 15 is 0 Å². The molecule has 27 heavy (non-hydrogen) atoms. The maximum absolute atomic E-state index is 13.7. The van der Waals surface area contributed by atoms with Gasteiger partial charge in [-0.2, -0.15) is 0 Å². The average Bonchev–Trinajstić information content (AvgIpc) is 3.34. The molecule has 8 nitrogen and oxygen atoms in total. The Kier molecular flexibility index (Phi) is 4.67. The van der Waals surface area contributed by atoms with Crippen LogP contribution in [0.5, 0.6) is 11.5 Å². The molecule has 0 atom stereocenters. The fourth-order valence-electron chi connectivity index (χ4n) is 2.60. The number of hydrogen-bond donors (Lipinski definition) is 2. The van der Waals surface area contributed by atoms with Gasteiger partial charge in [0, 0.05) is 24.3 Å². The Morgan fingerprint density at radius 3 is 2.96 bits per heavy atom. The summed E-state index contributed by atoms with van der Waals surface area (Å²) in [6.45, 7) is 0.158. The maximum Gasteiger partial charge on any atom is 0.220 e. The summed E-state index contributed by atoms with van der Waals surface area (Å²) in [5, 5.41) is 6.54. The van der Waals surface area contributed by atoms with Crippen LogP contribution in [0, 0.1) is 5.82 Å². The number of fused-ring (bicyclic) bond motifs is 1. The first kappa shape index (κ1) is 17.0. The van der Waals surface area contributed by atoms with E-state index in [0.717, 1.165) is 5.56 Å². The number of rotatable bonds is 6. The predicted molar refractivity (Wildman–Crippen MR) is 90.7 cm³/mol. The minimum atomic E-state index is -0.486. The number of pyridine rings is 1. The van der Waals surface area contributed by atoms with E-state index in [1.54, 1.807) is 12.1 Å². The molecule has 9 heteroatoms. The van der Waals surface area contributed by atoms with Gasteiger partial charge in [0.05, 0.1) is 6.54 Å². The lowest BCUT2D eigenvalue weighted by molar-refractivity contribution is -0.121. The summed E-state index contributed by atoms with van der Waals surface area (Å²) in [7, 11) is 0. The quantitative estimate of drug-likeness (QED) is 0.687. The zero-order valence-corrected chi connectivity index (χ0v) is 14.1. The van der Waals surface area contributed by atoms with Crippen molar-refractivity contribution in [1.82, 2.24) is 21.1 Å². The summed E-state index contributed by atoms with van der Waals surface area (Å²) in [6.07, 6.45) is 2.31. The van der Waals surface area contributed by atoms with Crippen LogP contribution in [-0.4, -0.2) is 16.0 Å². The Hall–Kier alpha value is -3.46. The molecule has 0 radical (unpaired) electrons. The van der Waals surface area contributed by atoms with Crippen LogP contribution >= 0.6 is 0 Å². The fourth-order valence-corrected chi connectivity index (χ4v) is 2.60. The Morgan fingerprint density at radius 2 is 2.07 bits per heavy atom. The molecule has 0 unspecified atom stereocenters. The van der Waals surface area contributed by atoms with Gasteiger partial charge in [0.1, 0.15) is 11.4 Å². The van der Waals surface area contributed by atoms with Gasteiger partial charge in [-0.1, -0.05) is 11.2 Å². The largest absolute Gasteiger partial charge is 0.370 e. The number of benzene rings is 1. The van der Waals surface area contributed by atoms with Gasteiger partial charge in [-0.15, -0.1) is 0 Å². The first-order valence-electron chi connectivity index (χ1n) is 8.24. The molecule has 138 valence electrons. The molecular formula is C18H15FN4O4. The van der Waals surface area contributed by atoms with Gasteiger partial charge in [0.15, 0.2) is 23.1 Å². The number of nitrogens with one attached hydrogen (secondary N) is 2. The van der Waals surface area contributed by atoms with Crippen LogP contribution in [0.3, 0.4) is 0 Å². The first-order chi connectivity index (χ1) is 13.2. The van der Waals surface area contributed by atoms with Crippen molar-refractivity contribution in [2.75, 3.05) is 0 Å². The van der Waals surface area contributed by atoms with Crippen LogP contribution in [0.25, 0.3) is 11.4 Å². The molecule has 0 bridgehead atoms. The number of aryl methyl sites for hydroxylation is 1. The molecule has 0 saturated carbocycles. The number of hydrogen-bond acceptors (Lipinski definition) is 7. The SMILES string of the molecule is O=C(CCc1ccc2c(c1)ONO2)NCc1cc(-c2ncccc2F)no1. The highest BCUT2D eigenvalue weighted by Gasteiger charge is 2.15. The van der Waals surface area contributed by atoms with Gasteiger partial charge in [-0.3, -0.25) is 9.78 Å². The lowest BCUT2D eigenvalue weighted by Crippen LogP contribution is -2.22. The molecule has 1 aliphatic heterocycles. The van der Waals surface area contributed by atoms with Crippen molar-refractivity contribution in [3.05, 3.63) is 59.7 Å². The van der Waals surface area contributed by atoms with Crippen LogP contribution < -0.4 is 20.6 Å². The Morgan fingerprint density at radius 1 is 1.19 bits per heavy atom. The van der Waals surface area contributed by atoms with Crippen LogP contribution in [0.4, 0.5) is 4.39 Å². The molecule has 1 aliphatic rings. The van der Waals surface area contributed by atoms with Crippen LogP contribution in [0.2, 0.25) is 0 Å². The van der Waals surface area contributed by atoms with E-state index in [0.29, 0.717) is 30.1 Å². The number of carbonyl (C=O) groups excluding carboxylic acids is 1. The third kappa shape index (κ3) is 3.87. The third-order valence-electron chi connectivity index (χ3n) is 3.97. The van der Waals surface area contributed by atoms with Gasteiger partial charge in [-0.25, -0.2) is 4.39 Å². The molecule has 3 aromatic rings. The molecule has 0 saturated heterocycles. The normalized spacial score (nSPS) is 12.2. The molecule has 0 aliphatic carbocycles. The van der Waals surface area contributed by atoms with E-state index in [4.69, 9.17) is 14.2 Å². The standard InChI is InChI=1S/C18H15FN4O4/c19-13-2-1-7-20-18(13)14-9-12(25-22-14)10-21-17(24)6-4-11-3-5-15-16(8-11)27-23-26-15/h1-3,5,7-9,23H,4,6,10H2,(H,21,24). The van der Waals surface area contributed by atoms with Crippen molar-refractivity contribution >= 4 is 5.91 Å². The highest BCUT2D eigenvalue weighted by atomic mass is 19.1. The van der Waals surface area contributed by atoms with Crippen LogP contribution in [-0.2, 0) is 17.8 Å². The molecule has 0 fully saturated rings. The second kappa shape index (κ2) is 7.42. The number of aromatic nitrogens is 2. The first-order valence-corrected chi connectivity index (χ1v) is 8.24. The van der Waals surface area contributed by atoms with Gasteiger partial charge in [-0.05, 0) is 36.2 Å². The van der Waals surface area contributed by atoms with Crippen molar-refractivity contribution in [3.8, 4) is 22.9 Å². The second-order valence-corrected chi connectivity index (χ2v) is 5.86. The van der Waals surface area contributed by atoms with Crippen molar-refractivity contribution < 1.29 is 23.4 Å². The molecule has 2 N–H and O–H groups in total. The molecule has 0 spiro atoms. The topological polar surface area (TPSA) is 98.5 Å². The third-order valence-corrected chi connectivity index (χ3v) is 3.97. The van der Waals surface area contributed by atoms with E-state index in [9.17, 15) is 9.18 Å². The fraction of sp³-hybridized carbons (Fsp3) is 0.167. The summed E-state index contributed by atoms with van der Waals surface area (Å²) in [5.41, 5.74) is 3.65. The van der Waals surface area contributed by atoms with Crippen LogP contribution in [0.1, 0.15) is 17.7 Å². The number of amides is 1. The summed E-state index contributed by atoms with van der Waals surface area (Å²) >= 11 is 0. The summed E-state index contributed by atoms with van der Waals surface area (Å²) in [6, 6.07) is 9.80. The zero-order valence-electron chi connectivity index (χ0n) is 14.1. The van der Waals surface area contributed by atoms with E-state index in [2.05, 4.69) is 21.1 Å². The number of carbonyl (C=O) groups is 1. The molecular weight excluding hydrogens is 355 g/mol. The molecule has 4 rings (SSSR count). The van der Waals surface area contributed by atoms with Gasteiger partial charge in [0.2, 0.25) is 5.91 Å². The molecule has 1 aromatic carbocycles. The van der Waals surface area contributed by atoms with Gasteiger partial charge >= 0.3 is 0 Å². The van der Waals surface area contributed by atoms with E-state index in [-0.39, 0.29) is 23.8 Å². The Balaban J connectivity index is 1.29. The molecule has 1 amide bonds. The van der Waals surface area contributed by atoms with Gasteiger partial charge in [0.25, 0.3) is 0 Å². The predicted octanol–water partition coefficient (Wildman–Crippen LogP) is 2.32. The monoisotopic (exact) mass is 370 g/mol.